The van der Waals surface area contributed by atoms with Crippen molar-refractivity contribution in [3.63, 3.8) is 0 Å². The van der Waals surface area contributed by atoms with Crippen LogP contribution < -0.4 is 0 Å². The first-order valence-corrected chi connectivity index (χ1v) is 20.0. The Labute approximate surface area is 339 Å². The molecule has 1 aliphatic heterocycles. The van der Waals surface area contributed by atoms with Gasteiger partial charge in [0.05, 0.1) is 22.4 Å². The number of aliphatic imine (C=N–C) groups is 2. The van der Waals surface area contributed by atoms with Crippen LogP contribution in [0.2, 0.25) is 0 Å². The van der Waals surface area contributed by atoms with Gasteiger partial charge in [-0.2, -0.15) is 0 Å². The van der Waals surface area contributed by atoms with Crippen molar-refractivity contribution in [1.82, 2.24) is 4.57 Å². The van der Waals surface area contributed by atoms with Crippen molar-refractivity contribution in [3.05, 3.63) is 204 Å². The maximum atomic E-state index is 6.86. The van der Waals surface area contributed by atoms with Crippen molar-refractivity contribution in [2.75, 3.05) is 0 Å². The molecule has 5 nitrogen and oxygen atoms in total. The third-order valence-corrected chi connectivity index (χ3v) is 11.8. The van der Waals surface area contributed by atoms with E-state index in [1.807, 2.05) is 24.3 Å². The molecule has 3 aromatic heterocycles. The van der Waals surface area contributed by atoms with E-state index in [-0.39, 0.29) is 0 Å². The number of para-hydroxylation sites is 4. The van der Waals surface area contributed by atoms with E-state index in [1.165, 1.54) is 16.3 Å². The van der Waals surface area contributed by atoms with Crippen molar-refractivity contribution in [2.45, 2.75) is 13.3 Å². The standard InChI is InChI=1S/C54H35N3O2/c1-33-30-45(34-14-4-2-5-15-34)55-54(56-52(33)36-26-28-41-40-19-9-11-24-48(40)58-50(41)32-36)43-22-13-25-49-51(43)42-21-12-20-38(53(42)59-49)35-27-29-47-44(31-35)39-18-8-10-23-46(39)57(47)37-16-6-3-7-17-37/h2-29,31-32H,30H2,1H3. The second-order valence-corrected chi connectivity index (χ2v) is 15.4. The van der Waals surface area contributed by atoms with Gasteiger partial charge in [0.15, 0.2) is 5.84 Å². The summed E-state index contributed by atoms with van der Waals surface area (Å²) in [5.74, 6) is 0.647. The second-order valence-electron chi connectivity index (χ2n) is 15.4. The van der Waals surface area contributed by atoms with Crippen LogP contribution in [-0.2, 0) is 0 Å². The highest BCUT2D eigenvalue weighted by Crippen LogP contribution is 2.41. The largest absolute Gasteiger partial charge is 0.456 e. The monoisotopic (exact) mass is 757 g/mol. The Morgan fingerprint density at radius 3 is 2.02 bits per heavy atom. The zero-order valence-corrected chi connectivity index (χ0v) is 32.2. The summed E-state index contributed by atoms with van der Waals surface area (Å²) < 4.78 is 15.6. The number of furan rings is 2. The molecule has 0 fully saturated rings. The number of amidine groups is 1. The molecule has 0 aliphatic carbocycles. The zero-order valence-electron chi connectivity index (χ0n) is 32.2. The molecule has 0 unspecified atom stereocenters. The zero-order chi connectivity index (χ0) is 39.0. The summed E-state index contributed by atoms with van der Waals surface area (Å²) in [6.45, 7) is 2.16. The molecule has 59 heavy (non-hydrogen) atoms. The van der Waals surface area contributed by atoms with Gasteiger partial charge in [-0.1, -0.05) is 127 Å². The van der Waals surface area contributed by atoms with Gasteiger partial charge in [-0.3, -0.25) is 0 Å². The highest BCUT2D eigenvalue weighted by atomic mass is 16.3. The van der Waals surface area contributed by atoms with E-state index in [1.54, 1.807) is 0 Å². The summed E-state index contributed by atoms with van der Waals surface area (Å²) in [6.07, 6.45) is 0.653. The van der Waals surface area contributed by atoms with Crippen LogP contribution in [0.4, 0.5) is 0 Å². The van der Waals surface area contributed by atoms with Gasteiger partial charge >= 0.3 is 0 Å². The van der Waals surface area contributed by atoms with Crippen LogP contribution in [0.5, 0.6) is 0 Å². The van der Waals surface area contributed by atoms with Crippen LogP contribution >= 0.6 is 0 Å². The number of aromatic nitrogens is 1. The van der Waals surface area contributed by atoms with Crippen molar-refractivity contribution >= 4 is 82.9 Å². The first-order chi connectivity index (χ1) is 29.2. The van der Waals surface area contributed by atoms with Gasteiger partial charge in [0.1, 0.15) is 22.3 Å². The molecule has 0 amide bonds. The van der Waals surface area contributed by atoms with E-state index < -0.39 is 0 Å². The van der Waals surface area contributed by atoms with Crippen molar-refractivity contribution in [2.24, 2.45) is 9.98 Å². The lowest BCUT2D eigenvalue weighted by molar-refractivity contribution is 0.668. The maximum Gasteiger partial charge on any atom is 0.160 e. The third-order valence-electron chi connectivity index (χ3n) is 11.8. The molecule has 12 rings (SSSR count). The predicted octanol–water partition coefficient (Wildman–Crippen LogP) is 14.3. The third kappa shape index (κ3) is 5.32. The molecule has 1 aliphatic rings. The quantitative estimate of drug-likeness (QED) is 0.176. The van der Waals surface area contributed by atoms with E-state index >= 15 is 0 Å². The fraction of sp³-hybridized carbons (Fsp3) is 0.0370. The number of hydrogen-bond donors (Lipinski definition) is 0. The van der Waals surface area contributed by atoms with Gasteiger partial charge in [-0.25, -0.2) is 9.98 Å². The minimum absolute atomic E-state index is 0.647. The molecule has 11 aromatic rings. The molecule has 278 valence electrons. The van der Waals surface area contributed by atoms with E-state index in [9.17, 15) is 0 Å². The summed E-state index contributed by atoms with van der Waals surface area (Å²) in [6, 6.07) is 63.7. The van der Waals surface area contributed by atoms with Gasteiger partial charge in [-0.15, -0.1) is 0 Å². The van der Waals surface area contributed by atoms with Gasteiger partial charge < -0.3 is 13.4 Å². The summed E-state index contributed by atoms with van der Waals surface area (Å²) >= 11 is 0. The van der Waals surface area contributed by atoms with Gasteiger partial charge in [0.2, 0.25) is 0 Å². The molecule has 0 atom stereocenters. The second kappa shape index (κ2) is 13.2. The number of rotatable bonds is 5. The van der Waals surface area contributed by atoms with Gasteiger partial charge in [0.25, 0.3) is 0 Å². The number of allylic oxidation sites excluding steroid dienone is 1. The Balaban J connectivity index is 1.04. The average molecular weight is 758 g/mol. The molecule has 0 radical (unpaired) electrons. The Hall–Kier alpha value is -7.76. The van der Waals surface area contributed by atoms with Gasteiger partial charge in [-0.05, 0) is 78.2 Å². The van der Waals surface area contributed by atoms with Crippen molar-refractivity contribution < 1.29 is 8.83 Å². The number of nitrogens with zero attached hydrogens (tertiary/aromatic N) is 3. The fourth-order valence-electron chi connectivity index (χ4n) is 9.09. The molecule has 8 aromatic carbocycles. The Kier molecular flexibility index (Phi) is 7.44. The number of fused-ring (bicyclic) bond motifs is 9. The fourth-order valence-corrected chi connectivity index (χ4v) is 9.09. The maximum absolute atomic E-state index is 6.86. The van der Waals surface area contributed by atoms with Crippen LogP contribution in [0.1, 0.15) is 30.0 Å². The Morgan fingerprint density at radius 1 is 0.458 bits per heavy atom. The van der Waals surface area contributed by atoms with Crippen LogP contribution in [-0.4, -0.2) is 16.1 Å². The smallest absolute Gasteiger partial charge is 0.160 e. The lowest BCUT2D eigenvalue weighted by Gasteiger charge is -2.08. The van der Waals surface area contributed by atoms with E-state index in [2.05, 4.69) is 169 Å². The molecule has 0 bridgehead atoms. The summed E-state index contributed by atoms with van der Waals surface area (Å²) in [4.78, 5) is 10.9. The summed E-state index contributed by atoms with van der Waals surface area (Å²) in [7, 11) is 0. The molecule has 0 N–H and O–H groups in total. The summed E-state index contributed by atoms with van der Waals surface area (Å²) in [5.41, 5.74) is 14.9. The lowest BCUT2D eigenvalue weighted by atomic mass is 9.99. The first kappa shape index (κ1) is 33.4. The Bertz CT molecular complexity index is 3580. The average Bonchev–Trinajstić information content (AvgIpc) is 3.93. The minimum atomic E-state index is 0.647. The lowest BCUT2D eigenvalue weighted by Crippen LogP contribution is -2.06. The first-order valence-electron chi connectivity index (χ1n) is 20.0. The molecule has 5 heteroatoms. The van der Waals surface area contributed by atoms with Crippen LogP contribution in [0.3, 0.4) is 0 Å². The highest BCUT2D eigenvalue weighted by molar-refractivity contribution is 6.24. The SMILES string of the molecule is CC1=C(c2ccc3c(c2)oc2ccccc23)N=C(c2cccc3oc4c(-c5ccc6c(c5)c5ccccc5n6-c5ccccc5)cccc4c23)N=C(c2ccccc2)C1. The predicted molar refractivity (Wildman–Crippen MR) is 244 cm³/mol. The molecule has 4 heterocycles. The van der Waals surface area contributed by atoms with E-state index in [0.717, 1.165) is 99.9 Å². The molecule has 0 spiro atoms. The topological polar surface area (TPSA) is 55.9 Å². The molecule has 0 saturated carbocycles. The van der Waals surface area contributed by atoms with Crippen molar-refractivity contribution in [1.29, 1.82) is 0 Å². The summed E-state index contributed by atoms with van der Waals surface area (Å²) in [5, 5.41) is 6.62. The minimum Gasteiger partial charge on any atom is -0.456 e. The normalized spacial score (nSPS) is 13.6. The number of hydrogen-bond acceptors (Lipinski definition) is 4. The van der Waals surface area contributed by atoms with E-state index in [0.29, 0.717) is 12.3 Å². The molecular formula is C54H35N3O2. The number of benzene rings is 8. The molecule has 0 saturated heterocycles. The van der Waals surface area contributed by atoms with Crippen LogP contribution in [0.15, 0.2) is 206 Å². The highest BCUT2D eigenvalue weighted by Gasteiger charge is 2.23. The Morgan fingerprint density at radius 2 is 1.14 bits per heavy atom. The van der Waals surface area contributed by atoms with Crippen molar-refractivity contribution in [3.8, 4) is 16.8 Å². The van der Waals surface area contributed by atoms with Crippen LogP contribution in [0, 0.1) is 0 Å². The van der Waals surface area contributed by atoms with Crippen LogP contribution in [0.25, 0.3) is 88.2 Å². The molecular weight excluding hydrogens is 723 g/mol. The van der Waals surface area contributed by atoms with E-state index in [4.69, 9.17) is 18.8 Å². The van der Waals surface area contributed by atoms with Gasteiger partial charge in [0, 0.05) is 61.1 Å².